The third-order valence-electron chi connectivity index (χ3n) is 2.43. The van der Waals surface area contributed by atoms with E-state index in [-0.39, 0.29) is 23.6 Å². The van der Waals surface area contributed by atoms with E-state index in [1.54, 1.807) is 19.1 Å². The normalized spacial score (nSPS) is 14.7. The van der Waals surface area contributed by atoms with Crippen LogP contribution in [0.25, 0.3) is 0 Å². The second kappa shape index (κ2) is 5.72. The fourth-order valence-electron chi connectivity index (χ4n) is 1.60. The first-order chi connectivity index (χ1) is 7.50. The summed E-state index contributed by atoms with van der Waals surface area (Å²) >= 11 is 0. The molecule has 1 aromatic carbocycles. The van der Waals surface area contributed by atoms with Crippen LogP contribution in [0.2, 0.25) is 0 Å². The van der Waals surface area contributed by atoms with Crippen LogP contribution < -0.4 is 5.32 Å². The van der Waals surface area contributed by atoms with Crippen molar-refractivity contribution in [2.45, 2.75) is 39.0 Å². The van der Waals surface area contributed by atoms with Gasteiger partial charge >= 0.3 is 0 Å². The van der Waals surface area contributed by atoms with Crippen molar-refractivity contribution in [2.24, 2.45) is 0 Å². The van der Waals surface area contributed by atoms with Crippen LogP contribution in [0.15, 0.2) is 18.2 Å². The molecule has 0 aliphatic heterocycles. The summed E-state index contributed by atoms with van der Waals surface area (Å²) in [5, 5.41) is 31.2. The van der Waals surface area contributed by atoms with Crippen LogP contribution in [-0.2, 0) is 6.54 Å². The van der Waals surface area contributed by atoms with E-state index in [2.05, 4.69) is 5.32 Å². The van der Waals surface area contributed by atoms with Gasteiger partial charge in [0.05, 0.1) is 6.10 Å². The highest BCUT2D eigenvalue weighted by molar-refractivity contribution is 5.44. The van der Waals surface area contributed by atoms with Gasteiger partial charge in [-0.25, -0.2) is 0 Å². The topological polar surface area (TPSA) is 72.7 Å². The van der Waals surface area contributed by atoms with Crippen molar-refractivity contribution < 1.29 is 15.3 Å². The van der Waals surface area contributed by atoms with Gasteiger partial charge in [-0.2, -0.15) is 0 Å². The molecule has 4 N–H and O–H groups in total. The van der Waals surface area contributed by atoms with E-state index in [1.807, 2.05) is 6.92 Å². The molecule has 0 aliphatic carbocycles. The maximum Gasteiger partial charge on any atom is 0.161 e. The summed E-state index contributed by atoms with van der Waals surface area (Å²) in [6.45, 7) is 4.17. The van der Waals surface area contributed by atoms with E-state index in [9.17, 15) is 15.3 Å². The molecule has 0 fully saturated rings. The van der Waals surface area contributed by atoms with Gasteiger partial charge in [0.25, 0.3) is 0 Å². The summed E-state index contributed by atoms with van der Waals surface area (Å²) in [5.41, 5.74) is 0.650. The number of hydrogen-bond donors (Lipinski definition) is 4. The van der Waals surface area contributed by atoms with E-state index in [1.165, 1.54) is 6.07 Å². The molecule has 4 nitrogen and oxygen atoms in total. The number of nitrogens with one attached hydrogen (secondary N) is 1. The lowest BCUT2D eigenvalue weighted by Crippen LogP contribution is -2.28. The van der Waals surface area contributed by atoms with Gasteiger partial charge in [-0.3, -0.25) is 0 Å². The number of phenols is 2. The van der Waals surface area contributed by atoms with Gasteiger partial charge in [-0.15, -0.1) is 0 Å². The SMILES string of the molecule is CC(O)CC(C)NCc1cccc(O)c1O. The highest BCUT2D eigenvalue weighted by Gasteiger charge is 2.08. The van der Waals surface area contributed by atoms with Crippen LogP contribution in [0.1, 0.15) is 25.8 Å². The Kier molecular flexibility index (Phi) is 4.58. The molecule has 0 heterocycles. The fourth-order valence-corrected chi connectivity index (χ4v) is 1.60. The van der Waals surface area contributed by atoms with Crippen molar-refractivity contribution in [3.8, 4) is 11.5 Å². The van der Waals surface area contributed by atoms with Gasteiger partial charge in [0, 0.05) is 18.2 Å². The molecule has 0 aliphatic rings. The van der Waals surface area contributed by atoms with Gasteiger partial charge in [0.1, 0.15) is 0 Å². The zero-order valence-corrected chi connectivity index (χ0v) is 9.64. The van der Waals surface area contributed by atoms with Crippen molar-refractivity contribution >= 4 is 0 Å². The maximum absolute atomic E-state index is 9.55. The first-order valence-corrected chi connectivity index (χ1v) is 5.42. The van der Waals surface area contributed by atoms with Crippen molar-refractivity contribution in [1.82, 2.24) is 5.32 Å². The van der Waals surface area contributed by atoms with E-state index < -0.39 is 0 Å². The predicted molar refractivity (Wildman–Crippen MR) is 62.4 cm³/mol. The Labute approximate surface area is 95.6 Å². The molecule has 0 radical (unpaired) electrons. The van der Waals surface area contributed by atoms with Crippen molar-refractivity contribution in [3.63, 3.8) is 0 Å². The van der Waals surface area contributed by atoms with E-state index in [0.717, 1.165) is 0 Å². The first-order valence-electron chi connectivity index (χ1n) is 5.42. The van der Waals surface area contributed by atoms with Crippen LogP contribution in [-0.4, -0.2) is 27.5 Å². The van der Waals surface area contributed by atoms with Crippen molar-refractivity contribution in [2.75, 3.05) is 0 Å². The molecule has 90 valence electrons. The van der Waals surface area contributed by atoms with Gasteiger partial charge in [-0.1, -0.05) is 12.1 Å². The average Bonchev–Trinajstić information content (AvgIpc) is 2.19. The Bertz CT molecular complexity index is 339. The van der Waals surface area contributed by atoms with Crippen LogP contribution in [0.5, 0.6) is 11.5 Å². The number of aromatic hydroxyl groups is 2. The van der Waals surface area contributed by atoms with Crippen LogP contribution in [0.4, 0.5) is 0 Å². The lowest BCUT2D eigenvalue weighted by Gasteiger charge is -2.16. The van der Waals surface area contributed by atoms with E-state index >= 15 is 0 Å². The second-order valence-corrected chi connectivity index (χ2v) is 4.15. The first kappa shape index (κ1) is 12.8. The zero-order chi connectivity index (χ0) is 12.1. The molecule has 1 rings (SSSR count). The number of hydrogen-bond acceptors (Lipinski definition) is 4. The Hall–Kier alpha value is -1.26. The molecule has 0 bridgehead atoms. The quantitative estimate of drug-likeness (QED) is 0.571. The summed E-state index contributed by atoms with van der Waals surface area (Å²) in [6, 6.07) is 5.03. The summed E-state index contributed by atoms with van der Waals surface area (Å²) in [7, 11) is 0. The largest absolute Gasteiger partial charge is 0.504 e. The monoisotopic (exact) mass is 225 g/mol. The minimum atomic E-state index is -0.347. The summed E-state index contributed by atoms with van der Waals surface area (Å²) in [4.78, 5) is 0. The number of benzene rings is 1. The van der Waals surface area contributed by atoms with Gasteiger partial charge in [-0.05, 0) is 26.3 Å². The molecule has 0 aromatic heterocycles. The third kappa shape index (κ3) is 3.72. The standard InChI is InChI=1S/C12H19NO3/c1-8(6-9(2)14)13-7-10-4-3-5-11(15)12(10)16/h3-5,8-9,13-16H,6-7H2,1-2H3. The molecule has 2 atom stereocenters. The summed E-state index contributed by atoms with van der Waals surface area (Å²) < 4.78 is 0. The lowest BCUT2D eigenvalue weighted by atomic mass is 10.1. The van der Waals surface area contributed by atoms with Gasteiger partial charge in [0.15, 0.2) is 11.5 Å². The highest BCUT2D eigenvalue weighted by atomic mass is 16.3. The number of rotatable bonds is 5. The lowest BCUT2D eigenvalue weighted by molar-refractivity contribution is 0.170. The van der Waals surface area contributed by atoms with Gasteiger partial charge < -0.3 is 20.6 Å². The molecule has 4 heteroatoms. The minimum Gasteiger partial charge on any atom is -0.504 e. The highest BCUT2D eigenvalue weighted by Crippen LogP contribution is 2.27. The number of aliphatic hydroxyl groups excluding tert-OH is 1. The summed E-state index contributed by atoms with van der Waals surface area (Å²) in [6.07, 6.45) is 0.305. The Morgan fingerprint density at radius 1 is 1.25 bits per heavy atom. The Balaban J connectivity index is 2.51. The summed E-state index contributed by atoms with van der Waals surface area (Å²) in [5.74, 6) is -0.193. The predicted octanol–water partition coefficient (Wildman–Crippen LogP) is 1.35. The molecular formula is C12H19NO3. The second-order valence-electron chi connectivity index (χ2n) is 4.15. The number of para-hydroxylation sites is 1. The van der Waals surface area contributed by atoms with Crippen molar-refractivity contribution in [3.05, 3.63) is 23.8 Å². The number of aliphatic hydroxyl groups is 1. The molecule has 0 saturated carbocycles. The number of phenolic OH excluding ortho intramolecular Hbond substituents is 2. The van der Waals surface area contributed by atoms with Crippen molar-refractivity contribution in [1.29, 1.82) is 0 Å². The fraction of sp³-hybridized carbons (Fsp3) is 0.500. The minimum absolute atomic E-state index is 0.0840. The van der Waals surface area contributed by atoms with E-state index in [0.29, 0.717) is 18.5 Å². The molecule has 0 amide bonds. The Morgan fingerprint density at radius 2 is 1.94 bits per heavy atom. The molecule has 0 spiro atoms. The average molecular weight is 225 g/mol. The van der Waals surface area contributed by atoms with Crippen LogP contribution in [0.3, 0.4) is 0 Å². The van der Waals surface area contributed by atoms with E-state index in [4.69, 9.17) is 0 Å². The van der Waals surface area contributed by atoms with Crippen LogP contribution in [0, 0.1) is 0 Å². The smallest absolute Gasteiger partial charge is 0.161 e. The zero-order valence-electron chi connectivity index (χ0n) is 9.64. The molecule has 1 aromatic rings. The van der Waals surface area contributed by atoms with Gasteiger partial charge in [0.2, 0.25) is 0 Å². The van der Waals surface area contributed by atoms with Crippen LogP contribution >= 0.6 is 0 Å². The molecule has 2 unspecified atom stereocenters. The maximum atomic E-state index is 9.55. The molecular weight excluding hydrogens is 206 g/mol. The Morgan fingerprint density at radius 3 is 2.56 bits per heavy atom. The molecule has 16 heavy (non-hydrogen) atoms. The third-order valence-corrected chi connectivity index (χ3v) is 2.43. The molecule has 0 saturated heterocycles.